The fourth-order valence-corrected chi connectivity index (χ4v) is 2.99. The summed E-state index contributed by atoms with van der Waals surface area (Å²) in [5.74, 6) is -0.0558. The van der Waals surface area contributed by atoms with Crippen LogP contribution >= 0.6 is 0 Å². The third-order valence-corrected chi connectivity index (χ3v) is 4.83. The Hall–Kier alpha value is -2.00. The van der Waals surface area contributed by atoms with Gasteiger partial charge in [-0.25, -0.2) is 31.5 Å². The van der Waals surface area contributed by atoms with Crippen LogP contribution in [-0.2, 0) is 19.9 Å². The van der Waals surface area contributed by atoms with E-state index in [-0.39, 0.29) is 15.7 Å². The van der Waals surface area contributed by atoms with Gasteiger partial charge in [-0.15, -0.1) is 0 Å². The Labute approximate surface area is 116 Å². The van der Waals surface area contributed by atoms with Gasteiger partial charge in [0.05, 0.1) is 9.79 Å². The molecule has 0 aliphatic rings. The van der Waals surface area contributed by atoms with Crippen molar-refractivity contribution in [3.8, 4) is 0 Å². The second-order valence-corrected chi connectivity index (χ2v) is 7.62. The lowest BCUT2D eigenvalue weighted by Crippen LogP contribution is -2.15. The molecule has 0 atom stereocenters. The molecule has 2 rings (SSSR count). The number of benzene rings is 1. The summed E-state index contributed by atoms with van der Waals surface area (Å²) in [4.78, 5) is 7.47. The normalized spacial score (nSPS) is 12.1. The maximum absolute atomic E-state index is 12.0. The molecule has 1 aromatic carbocycles. The lowest BCUT2D eigenvalue weighted by atomic mass is 10.4. The Morgan fingerprint density at radius 2 is 1.40 bits per heavy atom. The van der Waals surface area contributed by atoms with Crippen LogP contribution in [0.25, 0.3) is 0 Å². The maximum Gasteiger partial charge on any atom is 0.264 e. The van der Waals surface area contributed by atoms with Gasteiger partial charge in [-0.1, -0.05) is 0 Å². The molecule has 0 spiro atoms. The van der Waals surface area contributed by atoms with E-state index < -0.39 is 19.9 Å². The molecule has 7 nitrogen and oxygen atoms in total. The molecule has 0 unspecified atom stereocenters. The summed E-state index contributed by atoms with van der Waals surface area (Å²) in [7, 11) is -7.21. The van der Waals surface area contributed by atoms with Crippen molar-refractivity contribution in [2.24, 2.45) is 0 Å². The summed E-state index contributed by atoms with van der Waals surface area (Å²) >= 11 is 0. The Balaban J connectivity index is 2.31. The van der Waals surface area contributed by atoms with Gasteiger partial charge in [-0.05, 0) is 30.3 Å². The van der Waals surface area contributed by atoms with Crippen LogP contribution in [0.5, 0.6) is 0 Å². The number of aromatic nitrogens is 2. The first kappa shape index (κ1) is 14.4. The monoisotopic (exact) mass is 313 g/mol. The van der Waals surface area contributed by atoms with E-state index in [9.17, 15) is 16.8 Å². The summed E-state index contributed by atoms with van der Waals surface area (Å²) in [6.07, 6.45) is 3.85. The topological polar surface area (TPSA) is 106 Å². The first-order valence-corrected chi connectivity index (χ1v) is 8.76. The maximum atomic E-state index is 12.0. The van der Waals surface area contributed by atoms with Gasteiger partial charge in [-0.2, -0.15) is 0 Å². The van der Waals surface area contributed by atoms with E-state index in [2.05, 4.69) is 14.7 Å². The molecule has 0 aliphatic carbocycles. The molecular formula is C11H11N3O4S2. The molecule has 1 N–H and O–H groups in total. The van der Waals surface area contributed by atoms with Crippen molar-refractivity contribution in [3.63, 3.8) is 0 Å². The number of nitrogens with zero attached hydrogens (tertiary/aromatic N) is 2. The zero-order valence-corrected chi connectivity index (χ0v) is 12.0. The van der Waals surface area contributed by atoms with Crippen molar-refractivity contribution in [3.05, 3.63) is 42.7 Å². The SMILES string of the molecule is CS(=O)(=O)c1ccc(S(=O)(=O)Nc2ncccn2)cc1. The Kier molecular flexibility index (Phi) is 3.73. The minimum Gasteiger partial charge on any atom is -0.247 e. The second kappa shape index (κ2) is 5.17. The average Bonchev–Trinajstić information content (AvgIpc) is 2.38. The predicted octanol–water partition coefficient (Wildman–Crippen LogP) is 0.681. The van der Waals surface area contributed by atoms with Crippen molar-refractivity contribution < 1.29 is 16.8 Å². The molecule has 1 heterocycles. The summed E-state index contributed by atoms with van der Waals surface area (Å²) in [6.45, 7) is 0. The number of sulfone groups is 1. The number of hydrogen-bond donors (Lipinski definition) is 1. The molecular weight excluding hydrogens is 302 g/mol. The number of nitrogens with one attached hydrogen (secondary N) is 1. The minimum atomic E-state index is -3.85. The van der Waals surface area contributed by atoms with E-state index >= 15 is 0 Å². The number of anilines is 1. The molecule has 0 fully saturated rings. The van der Waals surface area contributed by atoms with Crippen molar-refractivity contribution in [1.82, 2.24) is 9.97 Å². The molecule has 1 aromatic heterocycles. The molecule has 0 aliphatic heterocycles. The van der Waals surface area contributed by atoms with E-state index in [1.807, 2.05) is 0 Å². The molecule has 9 heteroatoms. The molecule has 20 heavy (non-hydrogen) atoms. The fourth-order valence-electron chi connectivity index (χ4n) is 1.40. The van der Waals surface area contributed by atoms with Crippen LogP contribution in [0.15, 0.2) is 52.5 Å². The number of rotatable bonds is 4. The highest BCUT2D eigenvalue weighted by atomic mass is 32.2. The van der Waals surface area contributed by atoms with Gasteiger partial charge in [0.25, 0.3) is 10.0 Å². The smallest absolute Gasteiger partial charge is 0.247 e. The van der Waals surface area contributed by atoms with Crippen LogP contribution in [0.3, 0.4) is 0 Å². The van der Waals surface area contributed by atoms with Crippen molar-refractivity contribution in [1.29, 1.82) is 0 Å². The standard InChI is InChI=1S/C11H11N3O4S2/c1-19(15,16)9-3-5-10(6-4-9)20(17,18)14-11-12-7-2-8-13-11/h2-8H,1H3,(H,12,13,14). The van der Waals surface area contributed by atoms with Gasteiger partial charge in [0, 0.05) is 18.6 Å². The zero-order valence-electron chi connectivity index (χ0n) is 10.4. The first-order chi connectivity index (χ1) is 9.29. The predicted molar refractivity (Wildman–Crippen MR) is 72.4 cm³/mol. The highest BCUT2D eigenvalue weighted by Crippen LogP contribution is 2.16. The van der Waals surface area contributed by atoms with Gasteiger partial charge in [0.2, 0.25) is 5.95 Å². The largest absolute Gasteiger partial charge is 0.264 e. The third kappa shape index (κ3) is 3.31. The van der Waals surface area contributed by atoms with E-state index in [0.717, 1.165) is 6.26 Å². The van der Waals surface area contributed by atoms with Crippen LogP contribution < -0.4 is 4.72 Å². The van der Waals surface area contributed by atoms with Crippen LogP contribution in [0.4, 0.5) is 5.95 Å². The molecule has 0 saturated heterocycles. The highest BCUT2D eigenvalue weighted by Gasteiger charge is 2.16. The van der Waals surface area contributed by atoms with E-state index in [1.54, 1.807) is 6.07 Å². The summed E-state index contributed by atoms with van der Waals surface area (Å²) < 4.78 is 48.8. The average molecular weight is 313 g/mol. The van der Waals surface area contributed by atoms with E-state index in [1.165, 1.54) is 36.7 Å². The zero-order chi connectivity index (χ0) is 14.8. The Bertz CT molecular complexity index is 801. The molecule has 0 amide bonds. The molecule has 0 bridgehead atoms. The third-order valence-electron chi connectivity index (χ3n) is 2.35. The van der Waals surface area contributed by atoms with E-state index in [4.69, 9.17) is 0 Å². The lowest BCUT2D eigenvalue weighted by molar-refractivity contribution is 0.597. The van der Waals surface area contributed by atoms with Gasteiger partial charge in [-0.3, -0.25) is 0 Å². The van der Waals surface area contributed by atoms with Gasteiger partial charge in [0.15, 0.2) is 9.84 Å². The lowest BCUT2D eigenvalue weighted by Gasteiger charge is -2.06. The number of hydrogen-bond acceptors (Lipinski definition) is 6. The molecule has 2 aromatic rings. The van der Waals surface area contributed by atoms with Crippen LogP contribution in [0.1, 0.15) is 0 Å². The Morgan fingerprint density at radius 3 is 1.90 bits per heavy atom. The number of sulfonamides is 1. The summed E-state index contributed by atoms with van der Waals surface area (Å²) in [6, 6.07) is 6.44. The molecule has 106 valence electrons. The fraction of sp³-hybridized carbons (Fsp3) is 0.0909. The summed E-state index contributed by atoms with van der Waals surface area (Å²) in [5.41, 5.74) is 0. The summed E-state index contributed by atoms with van der Waals surface area (Å²) in [5, 5.41) is 0. The molecule has 0 radical (unpaired) electrons. The van der Waals surface area contributed by atoms with Crippen molar-refractivity contribution in [2.45, 2.75) is 9.79 Å². The van der Waals surface area contributed by atoms with E-state index in [0.29, 0.717) is 0 Å². The van der Waals surface area contributed by atoms with Gasteiger partial charge < -0.3 is 0 Å². The van der Waals surface area contributed by atoms with Crippen LogP contribution in [0, 0.1) is 0 Å². The van der Waals surface area contributed by atoms with Crippen molar-refractivity contribution in [2.75, 3.05) is 11.0 Å². The molecule has 0 saturated carbocycles. The van der Waals surface area contributed by atoms with Gasteiger partial charge in [0.1, 0.15) is 0 Å². The van der Waals surface area contributed by atoms with Crippen LogP contribution in [-0.4, -0.2) is 33.1 Å². The van der Waals surface area contributed by atoms with Crippen LogP contribution in [0.2, 0.25) is 0 Å². The van der Waals surface area contributed by atoms with Crippen molar-refractivity contribution >= 4 is 25.8 Å². The van der Waals surface area contributed by atoms with Gasteiger partial charge >= 0.3 is 0 Å². The minimum absolute atomic E-state index is 0.0485. The second-order valence-electron chi connectivity index (χ2n) is 3.92. The Morgan fingerprint density at radius 1 is 0.900 bits per heavy atom. The quantitative estimate of drug-likeness (QED) is 0.889. The highest BCUT2D eigenvalue weighted by molar-refractivity contribution is 7.92. The first-order valence-electron chi connectivity index (χ1n) is 5.39.